The van der Waals surface area contributed by atoms with Crippen LogP contribution in [0.3, 0.4) is 0 Å². The maximum absolute atomic E-state index is 11.6. The van der Waals surface area contributed by atoms with E-state index < -0.39 is 0 Å². The van der Waals surface area contributed by atoms with Crippen molar-refractivity contribution in [2.45, 2.75) is 25.8 Å². The van der Waals surface area contributed by atoms with Crippen molar-refractivity contribution in [1.82, 2.24) is 0 Å². The molecule has 98 valence electrons. The van der Waals surface area contributed by atoms with Crippen LogP contribution in [0.15, 0.2) is 24.3 Å². The Morgan fingerprint density at radius 3 is 2.67 bits per heavy atom. The number of rotatable bonds is 7. The molecule has 0 unspecified atom stereocenters. The average molecular weight is 248 g/mol. The Balaban J connectivity index is 1.65. The SMILES string of the molecule is NCc1ccc(NC(=O)COCCC2CC2)cc1. The van der Waals surface area contributed by atoms with Gasteiger partial charge in [-0.15, -0.1) is 0 Å². The van der Waals surface area contributed by atoms with E-state index in [1.165, 1.54) is 12.8 Å². The van der Waals surface area contributed by atoms with Gasteiger partial charge in [0.1, 0.15) is 6.61 Å². The topological polar surface area (TPSA) is 64.3 Å². The molecule has 0 saturated heterocycles. The number of carbonyl (C=O) groups is 1. The molecule has 0 aliphatic heterocycles. The first-order chi connectivity index (χ1) is 8.78. The standard InChI is InChI=1S/C14H20N2O2/c15-9-12-3-5-13(6-4-12)16-14(17)10-18-8-7-11-1-2-11/h3-6,11H,1-2,7-10,15H2,(H,16,17). The van der Waals surface area contributed by atoms with Gasteiger partial charge in [0.05, 0.1) is 0 Å². The van der Waals surface area contributed by atoms with E-state index in [2.05, 4.69) is 5.32 Å². The highest BCUT2D eigenvalue weighted by atomic mass is 16.5. The van der Waals surface area contributed by atoms with E-state index >= 15 is 0 Å². The van der Waals surface area contributed by atoms with Gasteiger partial charge < -0.3 is 15.8 Å². The molecule has 2 rings (SSSR count). The van der Waals surface area contributed by atoms with Crippen LogP contribution in [0.2, 0.25) is 0 Å². The summed E-state index contributed by atoms with van der Waals surface area (Å²) in [6.07, 6.45) is 3.73. The number of hydrogen-bond donors (Lipinski definition) is 2. The number of nitrogens with two attached hydrogens (primary N) is 1. The van der Waals surface area contributed by atoms with Crippen LogP contribution in [0.5, 0.6) is 0 Å². The third-order valence-electron chi connectivity index (χ3n) is 3.07. The fourth-order valence-corrected chi connectivity index (χ4v) is 1.74. The molecule has 1 aliphatic rings. The summed E-state index contributed by atoms with van der Waals surface area (Å²) < 4.78 is 5.33. The molecule has 1 aliphatic carbocycles. The van der Waals surface area contributed by atoms with Crippen LogP contribution in [0.4, 0.5) is 5.69 Å². The zero-order chi connectivity index (χ0) is 12.8. The second kappa shape index (κ2) is 6.52. The first-order valence-electron chi connectivity index (χ1n) is 6.44. The van der Waals surface area contributed by atoms with E-state index in [1.807, 2.05) is 24.3 Å². The average Bonchev–Trinajstić information content (AvgIpc) is 3.20. The summed E-state index contributed by atoms with van der Waals surface area (Å²) in [4.78, 5) is 11.6. The third-order valence-corrected chi connectivity index (χ3v) is 3.07. The third kappa shape index (κ3) is 4.47. The molecule has 0 heterocycles. The molecule has 4 nitrogen and oxygen atoms in total. The normalized spacial score (nSPS) is 14.5. The number of carbonyl (C=O) groups excluding carboxylic acids is 1. The number of benzene rings is 1. The van der Waals surface area contributed by atoms with Crippen molar-refractivity contribution in [3.63, 3.8) is 0 Å². The lowest BCUT2D eigenvalue weighted by Crippen LogP contribution is -2.18. The Kier molecular flexibility index (Phi) is 4.73. The van der Waals surface area contributed by atoms with E-state index in [9.17, 15) is 4.79 Å². The maximum Gasteiger partial charge on any atom is 0.250 e. The van der Waals surface area contributed by atoms with Gasteiger partial charge in [-0.3, -0.25) is 4.79 Å². The van der Waals surface area contributed by atoms with Crippen LogP contribution in [0.1, 0.15) is 24.8 Å². The van der Waals surface area contributed by atoms with Crippen molar-refractivity contribution >= 4 is 11.6 Å². The minimum Gasteiger partial charge on any atom is -0.372 e. The van der Waals surface area contributed by atoms with Crippen molar-refractivity contribution in [1.29, 1.82) is 0 Å². The number of amides is 1. The van der Waals surface area contributed by atoms with Crippen LogP contribution in [0, 0.1) is 5.92 Å². The molecule has 4 heteroatoms. The van der Waals surface area contributed by atoms with Gasteiger partial charge in [-0.1, -0.05) is 25.0 Å². The van der Waals surface area contributed by atoms with Gasteiger partial charge in [0.15, 0.2) is 0 Å². The molecular weight excluding hydrogens is 228 g/mol. The minimum atomic E-state index is -0.105. The lowest BCUT2D eigenvalue weighted by molar-refractivity contribution is -0.120. The first-order valence-corrected chi connectivity index (χ1v) is 6.44. The van der Waals surface area contributed by atoms with Gasteiger partial charge >= 0.3 is 0 Å². The van der Waals surface area contributed by atoms with E-state index in [0.717, 1.165) is 23.6 Å². The quantitative estimate of drug-likeness (QED) is 0.724. The van der Waals surface area contributed by atoms with E-state index in [4.69, 9.17) is 10.5 Å². The van der Waals surface area contributed by atoms with Crippen LogP contribution in [-0.4, -0.2) is 19.1 Å². The Hall–Kier alpha value is -1.39. The van der Waals surface area contributed by atoms with Crippen molar-refractivity contribution in [3.05, 3.63) is 29.8 Å². The second-order valence-corrected chi connectivity index (χ2v) is 4.73. The molecule has 1 amide bonds. The van der Waals surface area contributed by atoms with Crippen LogP contribution < -0.4 is 11.1 Å². The van der Waals surface area contributed by atoms with Crippen molar-refractivity contribution in [3.8, 4) is 0 Å². The lowest BCUT2D eigenvalue weighted by atomic mass is 10.2. The number of anilines is 1. The predicted octanol–water partition coefficient (Wildman–Crippen LogP) is 1.90. The van der Waals surface area contributed by atoms with Gasteiger partial charge in [-0.25, -0.2) is 0 Å². The largest absolute Gasteiger partial charge is 0.372 e. The van der Waals surface area contributed by atoms with Crippen LogP contribution >= 0.6 is 0 Å². The Bertz CT molecular complexity index is 385. The highest BCUT2D eigenvalue weighted by molar-refractivity contribution is 5.91. The number of ether oxygens (including phenoxy) is 1. The summed E-state index contributed by atoms with van der Waals surface area (Å²) in [5.41, 5.74) is 7.33. The van der Waals surface area contributed by atoms with Gasteiger partial charge in [0, 0.05) is 18.8 Å². The summed E-state index contributed by atoms with van der Waals surface area (Å²) >= 11 is 0. The smallest absolute Gasteiger partial charge is 0.250 e. The van der Waals surface area contributed by atoms with E-state index in [0.29, 0.717) is 13.2 Å². The summed E-state index contributed by atoms with van der Waals surface area (Å²) in [6.45, 7) is 1.33. The molecule has 3 N–H and O–H groups in total. The van der Waals surface area contributed by atoms with Gasteiger partial charge in [0.2, 0.25) is 5.91 Å². The fourth-order valence-electron chi connectivity index (χ4n) is 1.74. The monoisotopic (exact) mass is 248 g/mol. The first kappa shape index (κ1) is 13.1. The summed E-state index contributed by atoms with van der Waals surface area (Å²) in [7, 11) is 0. The highest BCUT2D eigenvalue weighted by Crippen LogP contribution is 2.32. The van der Waals surface area contributed by atoms with Crippen molar-refractivity contribution in [2.75, 3.05) is 18.5 Å². The van der Waals surface area contributed by atoms with Gasteiger partial charge in [0.25, 0.3) is 0 Å². The molecule has 1 aromatic carbocycles. The molecule has 0 atom stereocenters. The Morgan fingerprint density at radius 1 is 1.33 bits per heavy atom. The van der Waals surface area contributed by atoms with Gasteiger partial charge in [-0.05, 0) is 30.0 Å². The Morgan fingerprint density at radius 2 is 2.06 bits per heavy atom. The summed E-state index contributed by atoms with van der Waals surface area (Å²) in [5.74, 6) is 0.739. The molecular formula is C14H20N2O2. The molecule has 0 spiro atoms. The highest BCUT2D eigenvalue weighted by Gasteiger charge is 2.20. The molecule has 1 aromatic rings. The molecule has 1 saturated carbocycles. The van der Waals surface area contributed by atoms with Crippen LogP contribution in [0.25, 0.3) is 0 Å². The van der Waals surface area contributed by atoms with Crippen molar-refractivity contribution < 1.29 is 9.53 Å². The zero-order valence-corrected chi connectivity index (χ0v) is 10.5. The minimum absolute atomic E-state index is 0.105. The molecule has 18 heavy (non-hydrogen) atoms. The second-order valence-electron chi connectivity index (χ2n) is 4.73. The molecule has 0 aromatic heterocycles. The number of hydrogen-bond acceptors (Lipinski definition) is 3. The fraction of sp³-hybridized carbons (Fsp3) is 0.500. The molecule has 0 radical (unpaired) electrons. The van der Waals surface area contributed by atoms with Gasteiger partial charge in [-0.2, -0.15) is 0 Å². The summed E-state index contributed by atoms with van der Waals surface area (Å²) in [5, 5.41) is 2.79. The van der Waals surface area contributed by atoms with E-state index in [1.54, 1.807) is 0 Å². The summed E-state index contributed by atoms with van der Waals surface area (Å²) in [6, 6.07) is 7.52. The van der Waals surface area contributed by atoms with Crippen molar-refractivity contribution in [2.24, 2.45) is 11.7 Å². The Labute approximate surface area is 108 Å². The molecule has 0 bridgehead atoms. The molecule has 1 fully saturated rings. The predicted molar refractivity (Wildman–Crippen MR) is 71.1 cm³/mol. The van der Waals surface area contributed by atoms with Crippen LogP contribution in [-0.2, 0) is 16.1 Å². The number of nitrogens with one attached hydrogen (secondary N) is 1. The maximum atomic E-state index is 11.6. The lowest BCUT2D eigenvalue weighted by Gasteiger charge is -2.06. The van der Waals surface area contributed by atoms with E-state index in [-0.39, 0.29) is 12.5 Å². The zero-order valence-electron chi connectivity index (χ0n) is 10.5.